The van der Waals surface area contributed by atoms with Gasteiger partial charge in [-0.15, -0.1) is 0 Å². The molecule has 0 aliphatic carbocycles. The minimum Gasteiger partial charge on any atom is -0.322 e. The van der Waals surface area contributed by atoms with Crippen LogP contribution in [0.5, 0.6) is 0 Å². The van der Waals surface area contributed by atoms with E-state index in [1.54, 1.807) is 12.1 Å². The molecule has 0 bridgehead atoms. The molecule has 2 rings (SSSR count). The molecule has 0 spiro atoms. The van der Waals surface area contributed by atoms with E-state index in [-0.39, 0.29) is 11.9 Å². The first-order valence-electron chi connectivity index (χ1n) is 6.56. The predicted octanol–water partition coefficient (Wildman–Crippen LogP) is 2.90. The van der Waals surface area contributed by atoms with Gasteiger partial charge in [0, 0.05) is 6.54 Å². The summed E-state index contributed by atoms with van der Waals surface area (Å²) in [5, 5.41) is 4.39. The summed E-state index contributed by atoms with van der Waals surface area (Å²) in [5.74, 6) is -0.215. The molecule has 102 valence electrons. The van der Waals surface area contributed by atoms with Gasteiger partial charge in [0.05, 0.1) is 17.4 Å². The Morgan fingerprint density at radius 3 is 2.74 bits per heavy atom. The van der Waals surface area contributed by atoms with E-state index in [4.69, 9.17) is 5.73 Å². The number of hydrogen-bond acceptors (Lipinski definition) is 2. The van der Waals surface area contributed by atoms with Crippen molar-refractivity contribution in [1.29, 1.82) is 0 Å². The highest BCUT2D eigenvalue weighted by Gasteiger charge is 2.14. The third kappa shape index (κ3) is 3.01. The molecular weight excluding hydrogens is 241 g/mol. The summed E-state index contributed by atoms with van der Waals surface area (Å²) < 4.78 is 15.2. The van der Waals surface area contributed by atoms with Gasteiger partial charge in [-0.05, 0) is 56.5 Å². The lowest BCUT2D eigenvalue weighted by atomic mass is 9.99. The highest BCUT2D eigenvalue weighted by Crippen LogP contribution is 2.20. The number of nitrogens with zero attached hydrogens (tertiary/aromatic N) is 2. The Kier molecular flexibility index (Phi) is 4.00. The maximum atomic E-state index is 13.3. The van der Waals surface area contributed by atoms with E-state index < -0.39 is 0 Å². The lowest BCUT2D eigenvalue weighted by Crippen LogP contribution is -2.18. The number of aryl methyl sites for hydroxylation is 3. The first-order valence-corrected chi connectivity index (χ1v) is 6.56. The van der Waals surface area contributed by atoms with Gasteiger partial charge < -0.3 is 5.73 Å². The average Bonchev–Trinajstić information content (AvgIpc) is 2.75. The molecule has 19 heavy (non-hydrogen) atoms. The molecule has 0 radical (unpaired) electrons. The Balaban J connectivity index is 2.25. The number of halogens is 1. The second-order valence-electron chi connectivity index (χ2n) is 4.91. The van der Waals surface area contributed by atoms with Crippen LogP contribution in [0.25, 0.3) is 0 Å². The lowest BCUT2D eigenvalue weighted by molar-refractivity contribution is 0.563. The van der Waals surface area contributed by atoms with Gasteiger partial charge in [-0.3, -0.25) is 4.68 Å². The van der Waals surface area contributed by atoms with E-state index in [0.717, 1.165) is 29.1 Å². The lowest BCUT2D eigenvalue weighted by Gasteiger charge is -2.15. The van der Waals surface area contributed by atoms with Crippen LogP contribution in [-0.2, 0) is 13.0 Å². The highest BCUT2D eigenvalue weighted by molar-refractivity contribution is 5.28. The molecule has 1 aromatic heterocycles. The summed E-state index contributed by atoms with van der Waals surface area (Å²) in [6.45, 7) is 6.76. The minimum atomic E-state index is -0.215. The SMILES string of the molecule is CCn1nc(C)cc1C(N)Cc1cc(F)ccc1C. The predicted molar refractivity (Wildman–Crippen MR) is 74.4 cm³/mol. The molecule has 2 aromatic rings. The van der Waals surface area contributed by atoms with Gasteiger partial charge in [0.1, 0.15) is 5.82 Å². The molecule has 3 nitrogen and oxygen atoms in total. The number of hydrogen-bond donors (Lipinski definition) is 1. The molecule has 1 heterocycles. The quantitative estimate of drug-likeness (QED) is 0.919. The summed E-state index contributed by atoms with van der Waals surface area (Å²) in [6.07, 6.45) is 0.620. The fourth-order valence-corrected chi connectivity index (χ4v) is 2.32. The van der Waals surface area contributed by atoms with Crippen molar-refractivity contribution >= 4 is 0 Å². The second-order valence-corrected chi connectivity index (χ2v) is 4.91. The number of rotatable bonds is 4. The molecule has 1 unspecified atom stereocenters. The maximum Gasteiger partial charge on any atom is 0.123 e. The van der Waals surface area contributed by atoms with Gasteiger partial charge in [0.15, 0.2) is 0 Å². The summed E-state index contributed by atoms with van der Waals surface area (Å²) in [7, 11) is 0. The van der Waals surface area contributed by atoms with Gasteiger partial charge in [-0.2, -0.15) is 5.10 Å². The topological polar surface area (TPSA) is 43.8 Å². The molecule has 1 atom stereocenters. The molecule has 2 N–H and O–H groups in total. The van der Waals surface area contributed by atoms with Crippen LogP contribution in [0, 0.1) is 19.7 Å². The summed E-state index contributed by atoms with van der Waals surface area (Å²) in [6, 6.07) is 6.67. The van der Waals surface area contributed by atoms with Crippen molar-refractivity contribution in [2.24, 2.45) is 5.73 Å². The van der Waals surface area contributed by atoms with Crippen LogP contribution < -0.4 is 5.73 Å². The zero-order valence-corrected chi connectivity index (χ0v) is 11.7. The van der Waals surface area contributed by atoms with Crippen LogP contribution in [0.4, 0.5) is 4.39 Å². The first-order chi connectivity index (χ1) is 9.01. The largest absolute Gasteiger partial charge is 0.322 e. The Morgan fingerprint density at radius 1 is 1.32 bits per heavy atom. The third-order valence-corrected chi connectivity index (χ3v) is 3.36. The van der Waals surface area contributed by atoms with Gasteiger partial charge >= 0.3 is 0 Å². The van der Waals surface area contributed by atoms with Gasteiger partial charge in [-0.1, -0.05) is 6.07 Å². The molecule has 0 saturated heterocycles. The zero-order chi connectivity index (χ0) is 14.0. The molecule has 0 aliphatic heterocycles. The molecule has 0 aliphatic rings. The zero-order valence-electron chi connectivity index (χ0n) is 11.7. The molecular formula is C15H20FN3. The Hall–Kier alpha value is -1.68. The van der Waals surface area contributed by atoms with E-state index in [1.807, 2.05) is 31.5 Å². The summed E-state index contributed by atoms with van der Waals surface area (Å²) >= 11 is 0. The van der Waals surface area contributed by atoms with Crippen LogP contribution in [-0.4, -0.2) is 9.78 Å². The summed E-state index contributed by atoms with van der Waals surface area (Å²) in [4.78, 5) is 0. The van der Waals surface area contributed by atoms with Crippen LogP contribution in [0.15, 0.2) is 24.3 Å². The average molecular weight is 261 g/mol. The van der Waals surface area contributed by atoms with Gasteiger partial charge in [-0.25, -0.2) is 4.39 Å². The van der Waals surface area contributed by atoms with Crippen molar-refractivity contribution in [3.8, 4) is 0 Å². The van der Waals surface area contributed by atoms with E-state index in [2.05, 4.69) is 5.10 Å². The molecule has 1 aromatic carbocycles. The Labute approximate surface area is 113 Å². The van der Waals surface area contributed by atoms with E-state index in [0.29, 0.717) is 6.42 Å². The monoisotopic (exact) mass is 261 g/mol. The first kappa shape index (κ1) is 13.7. The van der Waals surface area contributed by atoms with Crippen molar-refractivity contribution in [1.82, 2.24) is 9.78 Å². The second kappa shape index (κ2) is 5.53. The van der Waals surface area contributed by atoms with E-state index in [9.17, 15) is 4.39 Å². The van der Waals surface area contributed by atoms with Crippen LogP contribution in [0.2, 0.25) is 0 Å². The van der Waals surface area contributed by atoms with Crippen molar-refractivity contribution in [2.45, 2.75) is 39.8 Å². The Morgan fingerprint density at radius 2 is 2.05 bits per heavy atom. The normalized spacial score (nSPS) is 12.7. The number of aromatic nitrogens is 2. The summed E-state index contributed by atoms with van der Waals surface area (Å²) in [5.41, 5.74) is 10.2. The molecule has 0 saturated carbocycles. The van der Waals surface area contributed by atoms with E-state index in [1.165, 1.54) is 6.07 Å². The molecule has 0 amide bonds. The Bertz CT molecular complexity index is 575. The molecule has 0 fully saturated rings. The van der Waals surface area contributed by atoms with Crippen molar-refractivity contribution in [3.63, 3.8) is 0 Å². The van der Waals surface area contributed by atoms with Crippen LogP contribution >= 0.6 is 0 Å². The maximum absolute atomic E-state index is 13.3. The van der Waals surface area contributed by atoms with Crippen LogP contribution in [0.3, 0.4) is 0 Å². The molecule has 4 heteroatoms. The van der Waals surface area contributed by atoms with Crippen molar-refractivity contribution in [3.05, 3.63) is 52.6 Å². The highest BCUT2D eigenvalue weighted by atomic mass is 19.1. The third-order valence-electron chi connectivity index (χ3n) is 3.36. The smallest absolute Gasteiger partial charge is 0.123 e. The number of benzene rings is 1. The van der Waals surface area contributed by atoms with Crippen molar-refractivity contribution < 1.29 is 4.39 Å². The minimum absolute atomic E-state index is 0.165. The van der Waals surface area contributed by atoms with Crippen molar-refractivity contribution in [2.75, 3.05) is 0 Å². The van der Waals surface area contributed by atoms with Crippen LogP contribution in [0.1, 0.15) is 35.5 Å². The van der Waals surface area contributed by atoms with Gasteiger partial charge in [0.2, 0.25) is 0 Å². The van der Waals surface area contributed by atoms with Gasteiger partial charge in [0.25, 0.3) is 0 Å². The fourth-order valence-electron chi connectivity index (χ4n) is 2.32. The number of nitrogens with two attached hydrogens (primary N) is 1. The fraction of sp³-hybridized carbons (Fsp3) is 0.400. The van der Waals surface area contributed by atoms with E-state index >= 15 is 0 Å². The standard InChI is InChI=1S/C15H20FN3/c1-4-19-15(7-11(3)18-19)14(17)9-12-8-13(16)6-5-10(12)2/h5-8,14H,4,9,17H2,1-3H3.